The van der Waals surface area contributed by atoms with Crippen molar-refractivity contribution in [2.45, 2.75) is 6.92 Å². The van der Waals surface area contributed by atoms with Crippen LogP contribution in [0.15, 0.2) is 53.1 Å². The molecule has 0 unspecified atom stereocenters. The van der Waals surface area contributed by atoms with E-state index >= 15 is 0 Å². The molecule has 0 radical (unpaired) electrons. The molecule has 0 saturated heterocycles. The third kappa shape index (κ3) is 2.53. The number of imidazole rings is 1. The Bertz CT molecular complexity index is 974. The van der Waals surface area contributed by atoms with Gasteiger partial charge in [-0.3, -0.25) is 4.40 Å². The molecule has 0 spiro atoms. The normalized spacial score (nSPS) is 11.0. The Kier molecular flexibility index (Phi) is 3.24. The highest BCUT2D eigenvalue weighted by molar-refractivity contribution is 6.30. The lowest BCUT2D eigenvalue weighted by Crippen LogP contribution is -1.89. The molecule has 0 amide bonds. The van der Waals surface area contributed by atoms with E-state index < -0.39 is 0 Å². The zero-order valence-corrected chi connectivity index (χ0v) is 12.9. The molecule has 6 nitrogen and oxygen atoms in total. The van der Waals surface area contributed by atoms with Crippen molar-refractivity contribution in [1.29, 1.82) is 0 Å². The van der Waals surface area contributed by atoms with Crippen molar-refractivity contribution in [3.05, 3.63) is 59.4 Å². The van der Waals surface area contributed by atoms with Crippen LogP contribution in [0.1, 0.15) is 5.69 Å². The van der Waals surface area contributed by atoms with Crippen LogP contribution in [0.25, 0.3) is 17.2 Å². The Morgan fingerprint density at radius 1 is 1.09 bits per heavy atom. The minimum absolute atomic E-state index is 0.313. The zero-order valence-electron chi connectivity index (χ0n) is 12.2. The van der Waals surface area contributed by atoms with Crippen LogP contribution in [0.5, 0.6) is 0 Å². The van der Waals surface area contributed by atoms with E-state index in [1.54, 1.807) is 12.1 Å². The summed E-state index contributed by atoms with van der Waals surface area (Å²) in [4.78, 5) is 4.49. The Balaban J connectivity index is 1.69. The lowest BCUT2D eigenvalue weighted by molar-refractivity contribution is 0.584. The zero-order chi connectivity index (χ0) is 15.8. The molecular weight excluding hydrogens is 314 g/mol. The number of aromatic nitrogens is 4. The molecule has 0 fully saturated rings. The molecule has 1 aromatic carbocycles. The van der Waals surface area contributed by atoms with Gasteiger partial charge in [-0.2, -0.15) is 0 Å². The van der Waals surface area contributed by atoms with Crippen LogP contribution in [0, 0.1) is 6.92 Å². The van der Waals surface area contributed by atoms with Gasteiger partial charge in [0, 0.05) is 16.9 Å². The fourth-order valence-electron chi connectivity index (χ4n) is 2.40. The van der Waals surface area contributed by atoms with E-state index in [9.17, 15) is 0 Å². The number of nitrogens with one attached hydrogen (secondary N) is 1. The maximum absolute atomic E-state index is 5.87. The second-order valence-electron chi connectivity index (χ2n) is 5.02. The van der Waals surface area contributed by atoms with Crippen molar-refractivity contribution < 1.29 is 4.42 Å². The largest absolute Gasteiger partial charge is 0.401 e. The SMILES string of the molecule is Cc1nc2ccccn2c1-c1nnc(Nc2ccc(Cl)cc2)o1. The molecular formula is C16H12ClN5O. The highest BCUT2D eigenvalue weighted by Crippen LogP contribution is 2.26. The molecule has 0 saturated carbocycles. The van der Waals surface area contributed by atoms with E-state index in [1.807, 2.05) is 47.9 Å². The van der Waals surface area contributed by atoms with Gasteiger partial charge in [0.25, 0.3) is 5.89 Å². The molecule has 3 aromatic heterocycles. The topological polar surface area (TPSA) is 68.2 Å². The number of hydrogen-bond acceptors (Lipinski definition) is 5. The maximum Gasteiger partial charge on any atom is 0.320 e. The minimum atomic E-state index is 0.313. The van der Waals surface area contributed by atoms with E-state index in [1.165, 1.54) is 0 Å². The third-order valence-electron chi connectivity index (χ3n) is 3.43. The number of rotatable bonds is 3. The summed E-state index contributed by atoms with van der Waals surface area (Å²) in [6.45, 7) is 1.92. The Hall–Kier alpha value is -2.86. The molecule has 0 bridgehead atoms. The number of pyridine rings is 1. The summed E-state index contributed by atoms with van der Waals surface area (Å²) in [5.74, 6) is 0.415. The molecule has 0 aliphatic carbocycles. The fraction of sp³-hybridized carbons (Fsp3) is 0.0625. The number of anilines is 2. The van der Waals surface area contributed by atoms with E-state index in [-0.39, 0.29) is 0 Å². The van der Waals surface area contributed by atoms with Crippen LogP contribution >= 0.6 is 11.6 Å². The highest BCUT2D eigenvalue weighted by Gasteiger charge is 2.17. The predicted octanol–water partition coefficient (Wildman–Crippen LogP) is 4.09. The van der Waals surface area contributed by atoms with Crippen LogP contribution in [-0.2, 0) is 0 Å². The molecule has 23 heavy (non-hydrogen) atoms. The second-order valence-corrected chi connectivity index (χ2v) is 5.46. The molecule has 7 heteroatoms. The van der Waals surface area contributed by atoms with Crippen molar-refractivity contribution >= 4 is 29.0 Å². The Morgan fingerprint density at radius 2 is 1.91 bits per heavy atom. The summed E-state index contributed by atoms with van der Waals surface area (Å²) in [7, 11) is 0. The van der Waals surface area contributed by atoms with Crippen LogP contribution in [0.2, 0.25) is 5.02 Å². The standard InChI is InChI=1S/C16H12ClN5O/c1-10-14(22-9-3-2-4-13(22)18-10)15-20-21-16(23-15)19-12-7-5-11(17)6-8-12/h2-9H,1H3,(H,19,21). The van der Waals surface area contributed by atoms with E-state index in [0.29, 0.717) is 16.9 Å². The minimum Gasteiger partial charge on any atom is -0.401 e. The summed E-state index contributed by atoms with van der Waals surface area (Å²) in [6.07, 6.45) is 1.92. The molecule has 1 N–H and O–H groups in total. The lowest BCUT2D eigenvalue weighted by Gasteiger charge is -2.00. The van der Waals surface area contributed by atoms with Crippen LogP contribution in [0.3, 0.4) is 0 Å². The maximum atomic E-state index is 5.87. The van der Waals surface area contributed by atoms with Crippen molar-refractivity contribution in [1.82, 2.24) is 19.6 Å². The average molecular weight is 326 g/mol. The van der Waals surface area contributed by atoms with E-state index in [4.69, 9.17) is 16.0 Å². The van der Waals surface area contributed by atoms with E-state index in [2.05, 4.69) is 20.5 Å². The van der Waals surface area contributed by atoms with Gasteiger partial charge in [-0.05, 0) is 43.3 Å². The van der Waals surface area contributed by atoms with Crippen molar-refractivity contribution in [3.8, 4) is 11.6 Å². The van der Waals surface area contributed by atoms with Crippen molar-refractivity contribution in [2.75, 3.05) is 5.32 Å². The molecule has 3 heterocycles. The quantitative estimate of drug-likeness (QED) is 0.614. The Morgan fingerprint density at radius 3 is 2.74 bits per heavy atom. The third-order valence-corrected chi connectivity index (χ3v) is 3.68. The Labute approximate surface area is 136 Å². The number of halogens is 1. The van der Waals surface area contributed by atoms with Gasteiger partial charge in [-0.1, -0.05) is 22.8 Å². The molecule has 0 atom stereocenters. The van der Waals surface area contributed by atoms with Crippen molar-refractivity contribution in [3.63, 3.8) is 0 Å². The van der Waals surface area contributed by atoms with Gasteiger partial charge in [-0.15, -0.1) is 5.10 Å². The smallest absolute Gasteiger partial charge is 0.320 e. The van der Waals surface area contributed by atoms with Gasteiger partial charge < -0.3 is 9.73 Å². The van der Waals surface area contributed by atoms with Gasteiger partial charge >= 0.3 is 6.01 Å². The number of hydrogen-bond donors (Lipinski definition) is 1. The van der Waals surface area contributed by atoms with Gasteiger partial charge in [-0.25, -0.2) is 4.98 Å². The van der Waals surface area contributed by atoms with Gasteiger partial charge in [0.2, 0.25) is 0 Å². The second kappa shape index (κ2) is 5.40. The number of aryl methyl sites for hydroxylation is 1. The lowest BCUT2D eigenvalue weighted by atomic mass is 10.3. The summed E-state index contributed by atoms with van der Waals surface area (Å²) < 4.78 is 7.65. The summed E-state index contributed by atoms with van der Waals surface area (Å²) in [5.41, 5.74) is 3.28. The predicted molar refractivity (Wildman–Crippen MR) is 88.0 cm³/mol. The summed E-state index contributed by atoms with van der Waals surface area (Å²) >= 11 is 5.87. The van der Waals surface area contributed by atoms with Crippen molar-refractivity contribution in [2.24, 2.45) is 0 Å². The van der Waals surface area contributed by atoms with Crippen LogP contribution in [0.4, 0.5) is 11.7 Å². The highest BCUT2D eigenvalue weighted by atomic mass is 35.5. The monoisotopic (exact) mass is 325 g/mol. The van der Waals surface area contributed by atoms with Gasteiger partial charge in [0.15, 0.2) is 0 Å². The first kappa shape index (κ1) is 13.8. The molecule has 4 aromatic rings. The summed E-state index contributed by atoms with van der Waals surface area (Å²) in [6, 6.07) is 13.4. The van der Waals surface area contributed by atoms with Crippen LogP contribution in [-0.4, -0.2) is 19.6 Å². The first-order chi connectivity index (χ1) is 11.2. The first-order valence-electron chi connectivity index (χ1n) is 7.01. The molecule has 4 rings (SSSR count). The summed E-state index contributed by atoms with van der Waals surface area (Å²) in [5, 5.41) is 11.9. The first-order valence-corrected chi connectivity index (χ1v) is 7.39. The van der Waals surface area contributed by atoms with Gasteiger partial charge in [0.05, 0.1) is 5.69 Å². The van der Waals surface area contributed by atoms with Crippen LogP contribution < -0.4 is 5.32 Å². The van der Waals surface area contributed by atoms with E-state index in [0.717, 1.165) is 22.7 Å². The number of fused-ring (bicyclic) bond motifs is 1. The molecule has 0 aliphatic heterocycles. The van der Waals surface area contributed by atoms with Gasteiger partial charge in [0.1, 0.15) is 11.3 Å². The number of benzene rings is 1. The average Bonchev–Trinajstić information content (AvgIpc) is 3.12. The molecule has 114 valence electrons. The fourth-order valence-corrected chi connectivity index (χ4v) is 2.52. The number of nitrogens with zero attached hydrogens (tertiary/aromatic N) is 4. The molecule has 0 aliphatic rings.